The van der Waals surface area contributed by atoms with Crippen molar-refractivity contribution in [3.63, 3.8) is 0 Å². The minimum Gasteiger partial charge on any atom is -0.489 e. The molecule has 5 heteroatoms. The van der Waals surface area contributed by atoms with Gasteiger partial charge in [-0.1, -0.05) is 6.92 Å². The molecule has 0 fully saturated rings. The standard InChI is InChI=1S/C14H17NO4/c1-7-8(2)19-13-10(14(17)18-4)5-6-11(12(7)13)15-9(3)16/h5-8H,1-4H3,(H,15,16). The van der Waals surface area contributed by atoms with E-state index in [0.29, 0.717) is 17.0 Å². The molecule has 0 bridgehead atoms. The Kier molecular flexibility index (Phi) is 3.46. The van der Waals surface area contributed by atoms with Gasteiger partial charge in [-0.15, -0.1) is 0 Å². The fourth-order valence-electron chi connectivity index (χ4n) is 2.27. The number of ether oxygens (including phenoxy) is 2. The lowest BCUT2D eigenvalue weighted by atomic mass is 9.95. The van der Waals surface area contributed by atoms with Crippen LogP contribution in [0.4, 0.5) is 5.69 Å². The van der Waals surface area contributed by atoms with Crippen molar-refractivity contribution >= 4 is 17.6 Å². The van der Waals surface area contributed by atoms with Gasteiger partial charge in [-0.05, 0) is 19.1 Å². The van der Waals surface area contributed by atoms with Crippen molar-refractivity contribution in [1.29, 1.82) is 0 Å². The third kappa shape index (κ3) is 2.28. The van der Waals surface area contributed by atoms with Crippen molar-refractivity contribution in [2.45, 2.75) is 32.8 Å². The highest BCUT2D eigenvalue weighted by Gasteiger charge is 2.34. The van der Waals surface area contributed by atoms with E-state index in [1.54, 1.807) is 12.1 Å². The van der Waals surface area contributed by atoms with Crippen LogP contribution in [0.5, 0.6) is 5.75 Å². The van der Waals surface area contributed by atoms with Gasteiger partial charge in [0.25, 0.3) is 0 Å². The Morgan fingerprint density at radius 2 is 2.00 bits per heavy atom. The molecule has 0 aromatic heterocycles. The fourth-order valence-corrected chi connectivity index (χ4v) is 2.27. The van der Waals surface area contributed by atoms with E-state index in [1.807, 2.05) is 13.8 Å². The van der Waals surface area contributed by atoms with Gasteiger partial charge in [0.1, 0.15) is 17.4 Å². The van der Waals surface area contributed by atoms with Crippen molar-refractivity contribution < 1.29 is 19.1 Å². The van der Waals surface area contributed by atoms with Crippen LogP contribution >= 0.6 is 0 Å². The lowest BCUT2D eigenvalue weighted by molar-refractivity contribution is -0.114. The van der Waals surface area contributed by atoms with Gasteiger partial charge in [-0.3, -0.25) is 4.79 Å². The first-order valence-corrected chi connectivity index (χ1v) is 6.15. The number of benzene rings is 1. The zero-order chi connectivity index (χ0) is 14.2. The summed E-state index contributed by atoms with van der Waals surface area (Å²) < 4.78 is 10.5. The molecule has 2 rings (SSSR count). The molecule has 2 unspecified atom stereocenters. The first-order valence-electron chi connectivity index (χ1n) is 6.15. The van der Waals surface area contributed by atoms with Gasteiger partial charge in [0.05, 0.1) is 7.11 Å². The van der Waals surface area contributed by atoms with Crippen LogP contribution in [0.2, 0.25) is 0 Å². The van der Waals surface area contributed by atoms with Crippen molar-refractivity contribution in [3.8, 4) is 5.75 Å². The third-order valence-corrected chi connectivity index (χ3v) is 3.38. The van der Waals surface area contributed by atoms with E-state index in [1.165, 1.54) is 14.0 Å². The fraction of sp³-hybridized carbons (Fsp3) is 0.429. The summed E-state index contributed by atoms with van der Waals surface area (Å²) in [6, 6.07) is 3.32. The molecule has 1 aliphatic heterocycles. The maximum atomic E-state index is 11.7. The molecular weight excluding hydrogens is 246 g/mol. The number of hydrogen-bond donors (Lipinski definition) is 1. The summed E-state index contributed by atoms with van der Waals surface area (Å²) in [6.07, 6.45) is -0.0479. The molecule has 5 nitrogen and oxygen atoms in total. The molecule has 1 N–H and O–H groups in total. The van der Waals surface area contributed by atoms with Crippen LogP contribution in [0, 0.1) is 0 Å². The average Bonchev–Trinajstić information content (AvgIpc) is 2.65. The first-order chi connectivity index (χ1) is 8.95. The summed E-state index contributed by atoms with van der Waals surface area (Å²) >= 11 is 0. The topological polar surface area (TPSA) is 64.6 Å². The second-order valence-electron chi connectivity index (χ2n) is 4.69. The van der Waals surface area contributed by atoms with Crippen LogP contribution in [-0.4, -0.2) is 25.1 Å². The first kappa shape index (κ1) is 13.4. The molecule has 1 aromatic carbocycles. The molecular formula is C14H17NO4. The maximum Gasteiger partial charge on any atom is 0.341 e. The zero-order valence-corrected chi connectivity index (χ0v) is 11.4. The van der Waals surface area contributed by atoms with Crippen molar-refractivity contribution in [1.82, 2.24) is 0 Å². The van der Waals surface area contributed by atoms with Gasteiger partial charge < -0.3 is 14.8 Å². The lowest BCUT2D eigenvalue weighted by Crippen LogP contribution is -2.12. The number of carbonyl (C=O) groups excluding carboxylic acids is 2. The molecule has 0 saturated heterocycles. The van der Waals surface area contributed by atoms with Crippen LogP contribution in [0.1, 0.15) is 42.6 Å². The summed E-state index contributed by atoms with van der Waals surface area (Å²) in [5, 5.41) is 2.77. The quantitative estimate of drug-likeness (QED) is 0.832. The number of anilines is 1. The summed E-state index contributed by atoms with van der Waals surface area (Å²) in [5.41, 5.74) is 1.93. The van der Waals surface area contributed by atoms with Gasteiger partial charge >= 0.3 is 5.97 Å². The van der Waals surface area contributed by atoms with E-state index in [0.717, 1.165) is 5.56 Å². The Morgan fingerprint density at radius 1 is 1.32 bits per heavy atom. The number of carbonyl (C=O) groups is 2. The van der Waals surface area contributed by atoms with Gasteiger partial charge in [-0.2, -0.15) is 0 Å². The number of amides is 1. The molecule has 0 spiro atoms. The number of fused-ring (bicyclic) bond motifs is 1. The maximum absolute atomic E-state index is 11.7. The van der Waals surface area contributed by atoms with E-state index in [4.69, 9.17) is 9.47 Å². The predicted molar refractivity (Wildman–Crippen MR) is 70.6 cm³/mol. The third-order valence-electron chi connectivity index (χ3n) is 3.38. The Bertz CT molecular complexity index is 538. The monoisotopic (exact) mass is 263 g/mol. The Balaban J connectivity index is 2.56. The Morgan fingerprint density at radius 3 is 2.58 bits per heavy atom. The van der Waals surface area contributed by atoms with E-state index >= 15 is 0 Å². The minimum atomic E-state index is -0.438. The number of methoxy groups -OCH3 is 1. The highest BCUT2D eigenvalue weighted by atomic mass is 16.5. The number of hydrogen-bond acceptors (Lipinski definition) is 4. The molecule has 1 aliphatic rings. The van der Waals surface area contributed by atoms with Gasteiger partial charge in [-0.25, -0.2) is 4.79 Å². The zero-order valence-electron chi connectivity index (χ0n) is 11.4. The summed E-state index contributed by atoms with van der Waals surface area (Å²) in [7, 11) is 1.33. The molecule has 0 saturated carbocycles. The van der Waals surface area contributed by atoms with Gasteiger partial charge in [0.15, 0.2) is 0 Å². The Labute approximate surface area is 111 Å². The highest BCUT2D eigenvalue weighted by molar-refractivity contribution is 5.97. The molecule has 102 valence electrons. The molecule has 2 atom stereocenters. The molecule has 0 radical (unpaired) electrons. The van der Waals surface area contributed by atoms with Crippen LogP contribution < -0.4 is 10.1 Å². The van der Waals surface area contributed by atoms with Gasteiger partial charge in [0.2, 0.25) is 5.91 Å². The van der Waals surface area contributed by atoms with Crippen LogP contribution in [-0.2, 0) is 9.53 Å². The second kappa shape index (κ2) is 4.91. The van der Waals surface area contributed by atoms with Crippen LogP contribution in [0.15, 0.2) is 12.1 Å². The largest absolute Gasteiger partial charge is 0.489 e. The summed E-state index contributed by atoms with van der Waals surface area (Å²) in [6.45, 7) is 5.39. The summed E-state index contributed by atoms with van der Waals surface area (Å²) in [5.74, 6) is 0.0197. The highest BCUT2D eigenvalue weighted by Crippen LogP contribution is 2.45. The summed E-state index contributed by atoms with van der Waals surface area (Å²) in [4.78, 5) is 23.0. The second-order valence-corrected chi connectivity index (χ2v) is 4.69. The van der Waals surface area contributed by atoms with Crippen LogP contribution in [0.25, 0.3) is 0 Å². The van der Waals surface area contributed by atoms with Crippen LogP contribution in [0.3, 0.4) is 0 Å². The SMILES string of the molecule is COC(=O)c1ccc(NC(C)=O)c2c1OC(C)C2C. The molecule has 19 heavy (non-hydrogen) atoms. The number of esters is 1. The molecule has 1 amide bonds. The van der Waals surface area contributed by atoms with E-state index < -0.39 is 5.97 Å². The lowest BCUT2D eigenvalue weighted by Gasteiger charge is -2.12. The van der Waals surface area contributed by atoms with E-state index in [2.05, 4.69) is 5.32 Å². The minimum absolute atomic E-state index is 0.0479. The predicted octanol–water partition coefficient (Wildman–Crippen LogP) is 2.32. The van der Waals surface area contributed by atoms with Gasteiger partial charge in [0, 0.05) is 24.1 Å². The number of rotatable bonds is 2. The van der Waals surface area contributed by atoms with Crippen molar-refractivity contribution in [2.75, 3.05) is 12.4 Å². The normalized spacial score (nSPS) is 20.4. The number of nitrogens with one attached hydrogen (secondary N) is 1. The van der Waals surface area contributed by atoms with Crippen molar-refractivity contribution in [3.05, 3.63) is 23.3 Å². The average molecular weight is 263 g/mol. The van der Waals surface area contributed by atoms with E-state index in [9.17, 15) is 9.59 Å². The van der Waals surface area contributed by atoms with E-state index in [-0.39, 0.29) is 17.9 Å². The smallest absolute Gasteiger partial charge is 0.341 e. The molecule has 1 aromatic rings. The molecule has 1 heterocycles. The molecule has 0 aliphatic carbocycles. The Hall–Kier alpha value is -2.04. The van der Waals surface area contributed by atoms with Crippen molar-refractivity contribution in [2.24, 2.45) is 0 Å².